The highest BCUT2D eigenvalue weighted by molar-refractivity contribution is 9.10. The lowest BCUT2D eigenvalue weighted by atomic mass is 10.1. The van der Waals surface area contributed by atoms with Crippen molar-refractivity contribution >= 4 is 44.4 Å². The molecule has 3 nitrogen and oxygen atoms in total. The van der Waals surface area contributed by atoms with Crippen LogP contribution < -0.4 is 4.90 Å². The lowest BCUT2D eigenvalue weighted by molar-refractivity contribution is -0.143. The van der Waals surface area contributed by atoms with Crippen molar-refractivity contribution in [1.29, 1.82) is 0 Å². The van der Waals surface area contributed by atoms with Crippen molar-refractivity contribution in [2.75, 3.05) is 4.90 Å². The Labute approximate surface area is 210 Å². The van der Waals surface area contributed by atoms with Crippen molar-refractivity contribution in [1.82, 2.24) is 0 Å². The summed E-state index contributed by atoms with van der Waals surface area (Å²) in [5.74, 6) is 0. The molecule has 4 rings (SSSR count). The van der Waals surface area contributed by atoms with Crippen LogP contribution in [0, 0.1) is 0 Å². The van der Waals surface area contributed by atoms with Crippen molar-refractivity contribution in [3.05, 3.63) is 113 Å². The fraction of sp³-hybridized carbons (Fsp3) is 0.0769. The number of hydrogen-bond donors (Lipinski definition) is 0. The molecule has 0 fully saturated rings. The Morgan fingerprint density at radius 1 is 0.528 bits per heavy atom. The monoisotopic (exact) mass is 563 g/mol. The number of rotatable bonds is 5. The number of benzene rings is 4. The number of halogens is 7. The Hall–Kier alpha value is -3.66. The van der Waals surface area contributed by atoms with Crippen molar-refractivity contribution in [3.8, 4) is 0 Å². The first kappa shape index (κ1) is 25.4. The van der Waals surface area contributed by atoms with Crippen molar-refractivity contribution in [2.45, 2.75) is 12.4 Å². The molecule has 0 N–H and O–H groups in total. The lowest BCUT2D eigenvalue weighted by Crippen LogP contribution is -2.10. The summed E-state index contributed by atoms with van der Waals surface area (Å²) in [6, 6.07) is 24.9. The van der Waals surface area contributed by atoms with E-state index in [9.17, 15) is 26.3 Å². The Morgan fingerprint density at radius 3 is 1.47 bits per heavy atom. The fourth-order valence-electron chi connectivity index (χ4n) is 3.39. The average molecular weight is 564 g/mol. The molecule has 0 unspecified atom stereocenters. The van der Waals surface area contributed by atoms with Gasteiger partial charge in [0.25, 0.3) is 0 Å². The molecule has 0 radical (unpaired) electrons. The first-order valence-electron chi connectivity index (χ1n) is 10.4. The Kier molecular flexibility index (Phi) is 7.16. The molecule has 0 aliphatic heterocycles. The predicted octanol–water partition coefficient (Wildman–Crippen LogP) is 10.4. The number of para-hydroxylation sites is 1. The van der Waals surface area contributed by atoms with Crippen LogP contribution >= 0.6 is 15.9 Å². The topological polar surface area (TPSA) is 28.0 Å². The molecule has 0 saturated carbocycles. The summed E-state index contributed by atoms with van der Waals surface area (Å²) in [4.78, 5) is 1.98. The molecule has 0 aromatic heterocycles. The molecule has 184 valence electrons. The van der Waals surface area contributed by atoms with Gasteiger partial charge in [0.15, 0.2) is 0 Å². The van der Waals surface area contributed by atoms with E-state index in [-0.39, 0.29) is 11.8 Å². The van der Waals surface area contributed by atoms with Gasteiger partial charge in [0.2, 0.25) is 0 Å². The van der Waals surface area contributed by atoms with Gasteiger partial charge in [-0.25, -0.2) is 0 Å². The molecule has 0 atom stereocenters. The van der Waals surface area contributed by atoms with Gasteiger partial charge in [-0.2, -0.15) is 36.6 Å². The average Bonchev–Trinajstić information content (AvgIpc) is 2.84. The minimum absolute atomic E-state index is 0.0497. The minimum Gasteiger partial charge on any atom is -0.311 e. The van der Waals surface area contributed by atoms with E-state index >= 15 is 0 Å². The number of alkyl halides is 6. The van der Waals surface area contributed by atoms with E-state index in [4.69, 9.17) is 0 Å². The van der Waals surface area contributed by atoms with E-state index in [1.54, 1.807) is 24.3 Å². The molecule has 0 spiro atoms. The minimum atomic E-state index is -4.96. The van der Waals surface area contributed by atoms with E-state index < -0.39 is 29.2 Å². The zero-order chi connectivity index (χ0) is 25.9. The molecule has 10 heteroatoms. The first-order valence-corrected chi connectivity index (χ1v) is 11.2. The van der Waals surface area contributed by atoms with Crippen LogP contribution in [0.25, 0.3) is 0 Å². The largest absolute Gasteiger partial charge is 0.416 e. The SMILES string of the molecule is FC(F)(F)c1cc(N=Nc2ccc(N(c3ccccc3)c3ccc(Br)cc3)cc2)cc(C(F)(F)F)c1. The highest BCUT2D eigenvalue weighted by atomic mass is 79.9. The smallest absolute Gasteiger partial charge is 0.311 e. The third kappa shape index (κ3) is 6.12. The normalized spacial score (nSPS) is 12.2. The zero-order valence-corrected chi connectivity index (χ0v) is 19.8. The van der Waals surface area contributed by atoms with Crippen molar-refractivity contribution in [2.24, 2.45) is 10.2 Å². The predicted molar refractivity (Wildman–Crippen MR) is 129 cm³/mol. The number of azo groups is 1. The number of hydrogen-bond acceptors (Lipinski definition) is 3. The maximum atomic E-state index is 13.1. The Bertz CT molecular complexity index is 1320. The highest BCUT2D eigenvalue weighted by Crippen LogP contribution is 2.39. The molecule has 36 heavy (non-hydrogen) atoms. The van der Waals surface area contributed by atoms with E-state index in [2.05, 4.69) is 26.2 Å². The van der Waals surface area contributed by atoms with Crippen LogP contribution in [0.5, 0.6) is 0 Å². The molecule has 0 aliphatic rings. The van der Waals surface area contributed by atoms with Crippen LogP contribution in [-0.2, 0) is 12.4 Å². The molecular weight excluding hydrogens is 548 g/mol. The second-order valence-electron chi connectivity index (χ2n) is 7.63. The van der Waals surface area contributed by atoms with Crippen LogP contribution in [0.2, 0.25) is 0 Å². The molecule has 0 saturated heterocycles. The van der Waals surface area contributed by atoms with Gasteiger partial charge in [0.1, 0.15) is 0 Å². The maximum Gasteiger partial charge on any atom is 0.416 e. The van der Waals surface area contributed by atoms with Crippen LogP contribution in [0.4, 0.5) is 54.8 Å². The molecule has 0 aliphatic carbocycles. The van der Waals surface area contributed by atoms with Crippen LogP contribution in [0.1, 0.15) is 11.1 Å². The summed E-state index contributed by atoms with van der Waals surface area (Å²) in [6.07, 6.45) is -9.91. The summed E-state index contributed by atoms with van der Waals surface area (Å²) in [6.45, 7) is 0. The van der Waals surface area contributed by atoms with E-state index in [1.165, 1.54) is 0 Å². The fourth-order valence-corrected chi connectivity index (χ4v) is 3.66. The summed E-state index contributed by atoms with van der Waals surface area (Å²) < 4.78 is 79.4. The van der Waals surface area contributed by atoms with Crippen molar-refractivity contribution in [3.63, 3.8) is 0 Å². The van der Waals surface area contributed by atoms with E-state index in [0.29, 0.717) is 12.1 Å². The summed E-state index contributed by atoms with van der Waals surface area (Å²) in [5, 5.41) is 7.48. The molecular formula is C26H16BrF6N3. The Morgan fingerprint density at radius 2 is 0.972 bits per heavy atom. The van der Waals surface area contributed by atoms with Crippen molar-refractivity contribution < 1.29 is 26.3 Å². The van der Waals surface area contributed by atoms with E-state index in [1.807, 2.05) is 59.5 Å². The van der Waals surface area contributed by atoms with E-state index in [0.717, 1.165) is 21.5 Å². The van der Waals surface area contributed by atoms with Crippen LogP contribution in [0.15, 0.2) is 112 Å². The van der Waals surface area contributed by atoms with Gasteiger partial charge in [0, 0.05) is 21.5 Å². The van der Waals surface area contributed by atoms with Gasteiger partial charge >= 0.3 is 12.4 Å². The maximum absolute atomic E-state index is 13.1. The third-order valence-electron chi connectivity index (χ3n) is 5.06. The van der Waals surface area contributed by atoms with Gasteiger partial charge in [-0.05, 0) is 78.9 Å². The second-order valence-corrected chi connectivity index (χ2v) is 8.54. The Balaban J connectivity index is 1.65. The molecule has 0 heterocycles. The molecule has 4 aromatic rings. The summed E-state index contributed by atoms with van der Waals surface area (Å²) >= 11 is 3.42. The van der Waals surface area contributed by atoms with Gasteiger partial charge in [0.05, 0.1) is 22.5 Å². The lowest BCUT2D eigenvalue weighted by Gasteiger charge is -2.25. The quantitative estimate of drug-likeness (QED) is 0.175. The van der Waals surface area contributed by atoms with Gasteiger partial charge in [-0.3, -0.25) is 0 Å². The van der Waals surface area contributed by atoms with Gasteiger partial charge < -0.3 is 4.90 Å². The van der Waals surface area contributed by atoms with Crippen LogP contribution in [0.3, 0.4) is 0 Å². The summed E-state index contributed by atoms with van der Waals surface area (Å²) in [7, 11) is 0. The highest BCUT2D eigenvalue weighted by Gasteiger charge is 2.37. The zero-order valence-electron chi connectivity index (χ0n) is 18.2. The first-order chi connectivity index (χ1) is 17.0. The number of anilines is 3. The standard InChI is InChI=1S/C26H16BrF6N3/c27-19-6-10-23(11-7-19)36(22-4-2-1-3-5-22)24-12-8-20(9-13-24)34-35-21-15-17(25(28,29)30)14-18(16-21)26(31,32)33/h1-16H. The molecule has 4 aromatic carbocycles. The summed E-state index contributed by atoms with van der Waals surface area (Å²) in [5.41, 5.74) is -0.666. The third-order valence-corrected chi connectivity index (χ3v) is 5.59. The second kappa shape index (κ2) is 10.1. The molecule has 0 bridgehead atoms. The van der Waals surface area contributed by atoms with Gasteiger partial charge in [-0.1, -0.05) is 34.1 Å². The van der Waals surface area contributed by atoms with Crippen LogP contribution in [-0.4, -0.2) is 0 Å². The van der Waals surface area contributed by atoms with Gasteiger partial charge in [-0.15, -0.1) is 0 Å². The number of nitrogens with zero attached hydrogens (tertiary/aromatic N) is 3. The molecule has 0 amide bonds.